The minimum absolute atomic E-state index is 0.214. The number of alkyl halides is 2. The fraction of sp³-hybridized carbons (Fsp3) is 0.562. The minimum Gasteiger partial charge on any atom is -0.379 e. The van der Waals surface area contributed by atoms with Crippen LogP contribution in [0.4, 0.5) is 8.78 Å². The summed E-state index contributed by atoms with van der Waals surface area (Å²) in [7, 11) is -4.65. The van der Waals surface area contributed by atoms with Crippen molar-refractivity contribution in [1.29, 1.82) is 0 Å². The molecule has 1 amide bonds. The Morgan fingerprint density at radius 1 is 1.24 bits per heavy atom. The highest BCUT2D eigenvalue weighted by molar-refractivity contribution is 7.91. The number of amides is 1. The number of benzene rings is 1. The molecule has 0 saturated carbocycles. The van der Waals surface area contributed by atoms with Gasteiger partial charge in [-0.2, -0.15) is 8.78 Å². The quantitative estimate of drug-likeness (QED) is 0.815. The Morgan fingerprint density at radius 3 is 2.32 bits per heavy atom. The van der Waals surface area contributed by atoms with E-state index in [1.54, 1.807) is 0 Å². The predicted molar refractivity (Wildman–Crippen MR) is 88.4 cm³/mol. The molecule has 1 fully saturated rings. The Balaban J connectivity index is 1.99. The van der Waals surface area contributed by atoms with Crippen LogP contribution in [0.2, 0.25) is 0 Å². The molecular weight excluding hydrogens is 354 g/mol. The number of nitrogens with zero attached hydrogens (tertiary/aromatic N) is 1. The molecular formula is C16H22F2N2O4S. The fourth-order valence-electron chi connectivity index (χ4n) is 2.58. The second kappa shape index (κ2) is 7.76. The minimum atomic E-state index is -4.65. The molecule has 1 aliphatic heterocycles. The summed E-state index contributed by atoms with van der Waals surface area (Å²) in [6.45, 7) is 7.28. The molecule has 0 bridgehead atoms. The van der Waals surface area contributed by atoms with Crippen molar-refractivity contribution in [3.05, 3.63) is 29.8 Å². The third kappa shape index (κ3) is 4.74. The van der Waals surface area contributed by atoms with Gasteiger partial charge in [-0.1, -0.05) is 0 Å². The smallest absolute Gasteiger partial charge is 0.341 e. The number of sulfone groups is 1. The Hall–Kier alpha value is -1.58. The first kappa shape index (κ1) is 19.7. The van der Waals surface area contributed by atoms with E-state index in [0.29, 0.717) is 19.8 Å². The van der Waals surface area contributed by atoms with E-state index < -0.39 is 20.5 Å². The van der Waals surface area contributed by atoms with E-state index in [9.17, 15) is 22.0 Å². The molecule has 1 saturated heterocycles. The van der Waals surface area contributed by atoms with Gasteiger partial charge in [0.15, 0.2) is 0 Å². The Labute approximate surface area is 146 Å². The predicted octanol–water partition coefficient (Wildman–Crippen LogP) is 1.52. The Morgan fingerprint density at radius 2 is 1.80 bits per heavy atom. The van der Waals surface area contributed by atoms with Gasteiger partial charge in [0, 0.05) is 30.7 Å². The Kier molecular flexibility index (Phi) is 6.12. The molecule has 6 nitrogen and oxygen atoms in total. The highest BCUT2D eigenvalue weighted by Gasteiger charge is 2.29. The molecule has 1 aromatic rings. The maximum atomic E-state index is 12.5. The highest BCUT2D eigenvalue weighted by atomic mass is 32.2. The number of hydrogen-bond acceptors (Lipinski definition) is 5. The molecule has 0 unspecified atom stereocenters. The van der Waals surface area contributed by atoms with Crippen molar-refractivity contribution < 1.29 is 26.7 Å². The van der Waals surface area contributed by atoms with Crippen LogP contribution in [0.25, 0.3) is 0 Å². The lowest BCUT2D eigenvalue weighted by atomic mass is 10.0. The van der Waals surface area contributed by atoms with Gasteiger partial charge in [-0.05, 0) is 38.1 Å². The van der Waals surface area contributed by atoms with Crippen LogP contribution in [-0.4, -0.2) is 63.4 Å². The van der Waals surface area contributed by atoms with E-state index >= 15 is 0 Å². The molecule has 0 radical (unpaired) electrons. The zero-order valence-corrected chi connectivity index (χ0v) is 15.0. The molecule has 140 valence electrons. The van der Waals surface area contributed by atoms with Crippen molar-refractivity contribution in [2.24, 2.45) is 0 Å². The summed E-state index contributed by atoms with van der Waals surface area (Å²) >= 11 is 0. The molecule has 1 heterocycles. The normalized spacial score (nSPS) is 16.8. The van der Waals surface area contributed by atoms with Crippen molar-refractivity contribution in [3.8, 4) is 0 Å². The van der Waals surface area contributed by atoms with Gasteiger partial charge in [0.05, 0.1) is 18.1 Å². The highest BCUT2D eigenvalue weighted by Crippen LogP contribution is 2.19. The van der Waals surface area contributed by atoms with Crippen LogP contribution in [0.5, 0.6) is 0 Å². The van der Waals surface area contributed by atoms with Crippen molar-refractivity contribution >= 4 is 15.7 Å². The number of halogens is 2. The van der Waals surface area contributed by atoms with Crippen molar-refractivity contribution in [2.45, 2.75) is 30.0 Å². The van der Waals surface area contributed by atoms with Crippen LogP contribution < -0.4 is 5.32 Å². The lowest BCUT2D eigenvalue weighted by Gasteiger charge is -2.40. The lowest BCUT2D eigenvalue weighted by molar-refractivity contribution is -0.00923. The third-order valence-electron chi connectivity index (χ3n) is 4.23. The van der Waals surface area contributed by atoms with E-state index in [-0.39, 0.29) is 17.0 Å². The SMILES string of the molecule is CC(C)(CNC(=O)c1ccc(S(=O)(=O)C(F)F)cc1)N1CCOCC1. The van der Waals surface area contributed by atoms with Crippen molar-refractivity contribution in [3.63, 3.8) is 0 Å². The molecule has 1 aliphatic rings. The summed E-state index contributed by atoms with van der Waals surface area (Å²) in [5.74, 6) is -3.87. The number of hydrogen-bond donors (Lipinski definition) is 1. The molecule has 2 rings (SSSR count). The van der Waals surface area contributed by atoms with Crippen LogP contribution in [0.1, 0.15) is 24.2 Å². The molecule has 25 heavy (non-hydrogen) atoms. The van der Waals surface area contributed by atoms with E-state index in [1.165, 1.54) is 12.1 Å². The van der Waals surface area contributed by atoms with Gasteiger partial charge in [-0.15, -0.1) is 0 Å². The van der Waals surface area contributed by atoms with Crippen molar-refractivity contribution in [2.75, 3.05) is 32.8 Å². The molecule has 1 N–H and O–H groups in total. The number of ether oxygens (including phenoxy) is 1. The van der Waals surface area contributed by atoms with E-state index in [4.69, 9.17) is 4.74 Å². The summed E-state index contributed by atoms with van der Waals surface area (Å²) in [6.07, 6.45) is 0. The largest absolute Gasteiger partial charge is 0.379 e. The monoisotopic (exact) mass is 376 g/mol. The van der Waals surface area contributed by atoms with Gasteiger partial charge in [-0.25, -0.2) is 8.42 Å². The first-order valence-corrected chi connectivity index (χ1v) is 9.42. The van der Waals surface area contributed by atoms with Gasteiger partial charge in [0.25, 0.3) is 5.91 Å². The average molecular weight is 376 g/mol. The van der Waals surface area contributed by atoms with Gasteiger partial charge >= 0.3 is 5.76 Å². The Bertz CT molecular complexity index is 699. The van der Waals surface area contributed by atoms with Crippen LogP contribution in [0.3, 0.4) is 0 Å². The lowest BCUT2D eigenvalue weighted by Crippen LogP contribution is -2.55. The molecule has 0 aromatic heterocycles. The van der Waals surface area contributed by atoms with Crippen molar-refractivity contribution in [1.82, 2.24) is 10.2 Å². The molecule has 0 atom stereocenters. The summed E-state index contributed by atoms with van der Waals surface area (Å²) in [5.41, 5.74) is -0.0516. The standard InChI is InChI=1S/C16H22F2N2O4S/c1-16(2,20-7-9-24-10-8-20)11-19-14(21)12-3-5-13(6-4-12)25(22,23)15(17)18/h3-6,15H,7-11H2,1-2H3,(H,19,21). The number of rotatable bonds is 6. The zero-order valence-electron chi connectivity index (χ0n) is 14.2. The second-order valence-corrected chi connectivity index (χ2v) is 8.34. The number of nitrogens with one attached hydrogen (secondary N) is 1. The molecule has 0 aliphatic carbocycles. The van der Waals surface area contributed by atoms with Crippen LogP contribution in [-0.2, 0) is 14.6 Å². The van der Waals surface area contributed by atoms with Gasteiger partial charge in [-0.3, -0.25) is 9.69 Å². The molecule has 0 spiro atoms. The average Bonchev–Trinajstić information content (AvgIpc) is 2.60. The maximum Gasteiger partial charge on any atom is 0.341 e. The third-order valence-corrected chi connectivity index (χ3v) is 5.63. The summed E-state index contributed by atoms with van der Waals surface area (Å²) in [5, 5.41) is 2.80. The zero-order chi connectivity index (χ0) is 18.7. The number of carbonyl (C=O) groups is 1. The maximum absolute atomic E-state index is 12.5. The number of carbonyl (C=O) groups excluding carboxylic acids is 1. The van der Waals surface area contributed by atoms with Gasteiger partial charge in [0.2, 0.25) is 9.84 Å². The molecule has 1 aromatic carbocycles. The molecule has 9 heteroatoms. The summed E-state index contributed by atoms with van der Waals surface area (Å²) < 4.78 is 53.1. The number of morpholine rings is 1. The van der Waals surface area contributed by atoms with E-state index in [2.05, 4.69) is 10.2 Å². The van der Waals surface area contributed by atoms with Gasteiger partial charge < -0.3 is 10.1 Å². The van der Waals surface area contributed by atoms with Gasteiger partial charge in [0.1, 0.15) is 0 Å². The van der Waals surface area contributed by atoms with Crippen LogP contribution in [0.15, 0.2) is 29.2 Å². The van der Waals surface area contributed by atoms with E-state index in [1.807, 2.05) is 13.8 Å². The first-order chi connectivity index (χ1) is 11.6. The topological polar surface area (TPSA) is 75.7 Å². The van der Waals surface area contributed by atoms with Crippen LogP contribution >= 0.6 is 0 Å². The van der Waals surface area contributed by atoms with E-state index in [0.717, 1.165) is 25.2 Å². The second-order valence-electron chi connectivity index (χ2n) is 6.42. The first-order valence-electron chi connectivity index (χ1n) is 7.88. The summed E-state index contributed by atoms with van der Waals surface area (Å²) in [6, 6.07) is 4.49. The summed E-state index contributed by atoms with van der Waals surface area (Å²) in [4.78, 5) is 13.9. The van der Waals surface area contributed by atoms with Crippen LogP contribution in [0, 0.1) is 0 Å². The fourth-order valence-corrected chi connectivity index (χ4v) is 3.30.